The van der Waals surface area contributed by atoms with Gasteiger partial charge >= 0.3 is 0 Å². The molecule has 0 saturated heterocycles. The SMILES string of the molecule is Cc1ccc(S(=O)(=O)Nc2ncccc2-c2cccc(N)c2)cc1. The Labute approximate surface area is 141 Å². The molecule has 0 fully saturated rings. The second kappa shape index (κ2) is 6.33. The number of hydrogen-bond donors (Lipinski definition) is 2. The Morgan fingerprint density at radius 1 is 1.00 bits per heavy atom. The molecular formula is C18H17N3O2S. The van der Waals surface area contributed by atoms with E-state index >= 15 is 0 Å². The fraction of sp³-hybridized carbons (Fsp3) is 0.0556. The number of nitrogen functional groups attached to an aromatic ring is 1. The first-order valence-electron chi connectivity index (χ1n) is 7.36. The molecular weight excluding hydrogens is 322 g/mol. The van der Waals surface area contributed by atoms with Crippen molar-refractivity contribution in [1.29, 1.82) is 0 Å². The van der Waals surface area contributed by atoms with Crippen LogP contribution in [0, 0.1) is 6.92 Å². The first-order chi connectivity index (χ1) is 11.5. The molecule has 0 aliphatic rings. The van der Waals surface area contributed by atoms with Crippen LogP contribution < -0.4 is 10.5 Å². The lowest BCUT2D eigenvalue weighted by molar-refractivity contribution is 0.601. The highest BCUT2D eigenvalue weighted by Crippen LogP contribution is 2.28. The van der Waals surface area contributed by atoms with Crippen molar-refractivity contribution in [1.82, 2.24) is 4.98 Å². The number of rotatable bonds is 4. The third kappa shape index (κ3) is 3.38. The van der Waals surface area contributed by atoms with Crippen LogP contribution in [-0.2, 0) is 10.0 Å². The number of nitrogens with two attached hydrogens (primary N) is 1. The maximum atomic E-state index is 12.6. The maximum absolute atomic E-state index is 12.6. The molecule has 3 rings (SSSR count). The molecule has 6 heteroatoms. The summed E-state index contributed by atoms with van der Waals surface area (Å²) in [6, 6.07) is 17.4. The van der Waals surface area contributed by atoms with Crippen LogP contribution in [-0.4, -0.2) is 13.4 Å². The van der Waals surface area contributed by atoms with Gasteiger partial charge in [-0.15, -0.1) is 0 Å². The normalized spacial score (nSPS) is 11.2. The lowest BCUT2D eigenvalue weighted by Crippen LogP contribution is -2.14. The van der Waals surface area contributed by atoms with E-state index in [2.05, 4.69) is 9.71 Å². The standard InChI is InChI=1S/C18H17N3O2S/c1-13-7-9-16(10-8-13)24(22,23)21-18-17(6-3-11-20-18)14-4-2-5-15(19)12-14/h2-12H,19H2,1H3,(H,20,21). The van der Waals surface area contributed by atoms with Gasteiger partial charge in [0.2, 0.25) is 0 Å². The molecule has 5 nitrogen and oxygen atoms in total. The Kier molecular flexibility index (Phi) is 4.22. The van der Waals surface area contributed by atoms with Crippen LogP contribution in [0.25, 0.3) is 11.1 Å². The molecule has 0 saturated carbocycles. The summed E-state index contributed by atoms with van der Waals surface area (Å²) >= 11 is 0. The second-order valence-corrected chi connectivity index (χ2v) is 7.13. The minimum atomic E-state index is -3.71. The Bertz CT molecular complexity index is 968. The molecule has 0 radical (unpaired) electrons. The van der Waals surface area contributed by atoms with E-state index in [4.69, 9.17) is 5.73 Å². The van der Waals surface area contributed by atoms with E-state index in [-0.39, 0.29) is 10.7 Å². The molecule has 3 N–H and O–H groups in total. The Hall–Kier alpha value is -2.86. The molecule has 0 aliphatic heterocycles. The van der Waals surface area contributed by atoms with E-state index in [1.807, 2.05) is 19.1 Å². The van der Waals surface area contributed by atoms with E-state index in [1.54, 1.807) is 54.7 Å². The lowest BCUT2D eigenvalue weighted by Gasteiger charge is -2.12. The van der Waals surface area contributed by atoms with Crippen LogP contribution >= 0.6 is 0 Å². The van der Waals surface area contributed by atoms with Crippen LogP contribution in [0.1, 0.15) is 5.56 Å². The van der Waals surface area contributed by atoms with Crippen molar-refractivity contribution in [3.05, 3.63) is 72.4 Å². The van der Waals surface area contributed by atoms with E-state index in [0.29, 0.717) is 11.3 Å². The monoisotopic (exact) mass is 339 g/mol. The fourth-order valence-corrected chi connectivity index (χ4v) is 3.36. The second-order valence-electron chi connectivity index (χ2n) is 5.44. The van der Waals surface area contributed by atoms with Crippen molar-refractivity contribution >= 4 is 21.5 Å². The lowest BCUT2D eigenvalue weighted by atomic mass is 10.1. The number of hydrogen-bond acceptors (Lipinski definition) is 4. The summed E-state index contributed by atoms with van der Waals surface area (Å²) in [4.78, 5) is 4.37. The average molecular weight is 339 g/mol. The summed E-state index contributed by atoms with van der Waals surface area (Å²) in [7, 11) is -3.71. The zero-order valence-corrected chi connectivity index (χ0v) is 13.9. The van der Waals surface area contributed by atoms with Gasteiger partial charge in [-0.3, -0.25) is 4.72 Å². The van der Waals surface area contributed by atoms with Crippen molar-refractivity contribution < 1.29 is 8.42 Å². The highest BCUT2D eigenvalue weighted by atomic mass is 32.2. The number of sulfonamides is 1. The molecule has 122 valence electrons. The van der Waals surface area contributed by atoms with E-state index in [0.717, 1.165) is 11.1 Å². The van der Waals surface area contributed by atoms with Crippen LogP contribution in [0.3, 0.4) is 0 Å². The van der Waals surface area contributed by atoms with Gasteiger partial charge in [0, 0.05) is 17.4 Å². The predicted molar refractivity (Wildman–Crippen MR) is 96.1 cm³/mol. The van der Waals surface area contributed by atoms with Gasteiger partial charge in [-0.05, 0) is 48.9 Å². The molecule has 3 aromatic rings. The number of benzene rings is 2. The zero-order chi connectivity index (χ0) is 17.2. The summed E-state index contributed by atoms with van der Waals surface area (Å²) in [6.45, 7) is 1.90. The van der Waals surface area contributed by atoms with Gasteiger partial charge in [0.15, 0.2) is 0 Å². The van der Waals surface area contributed by atoms with Crippen molar-refractivity contribution in [3.63, 3.8) is 0 Å². The number of anilines is 2. The Morgan fingerprint density at radius 2 is 1.75 bits per heavy atom. The zero-order valence-electron chi connectivity index (χ0n) is 13.1. The van der Waals surface area contributed by atoms with Gasteiger partial charge < -0.3 is 5.73 Å². The molecule has 24 heavy (non-hydrogen) atoms. The summed E-state index contributed by atoms with van der Waals surface area (Å²) in [6.07, 6.45) is 1.54. The topological polar surface area (TPSA) is 85.1 Å². The maximum Gasteiger partial charge on any atom is 0.263 e. The number of nitrogens with one attached hydrogen (secondary N) is 1. The molecule has 2 aromatic carbocycles. The predicted octanol–water partition coefficient (Wildman–Crippen LogP) is 3.44. The smallest absolute Gasteiger partial charge is 0.263 e. The van der Waals surface area contributed by atoms with Gasteiger partial charge in [0.1, 0.15) is 5.82 Å². The average Bonchev–Trinajstić information content (AvgIpc) is 2.55. The highest BCUT2D eigenvalue weighted by molar-refractivity contribution is 7.92. The first kappa shape index (κ1) is 16.0. The molecule has 0 aliphatic carbocycles. The van der Waals surface area contributed by atoms with E-state index in [9.17, 15) is 8.42 Å². The molecule has 0 spiro atoms. The number of nitrogens with zero attached hydrogens (tertiary/aromatic N) is 1. The Balaban J connectivity index is 2.00. The molecule has 1 aromatic heterocycles. The quantitative estimate of drug-likeness (QED) is 0.713. The van der Waals surface area contributed by atoms with Crippen molar-refractivity contribution in [2.45, 2.75) is 11.8 Å². The molecule has 0 atom stereocenters. The van der Waals surface area contributed by atoms with Crippen LogP contribution in [0.2, 0.25) is 0 Å². The van der Waals surface area contributed by atoms with Crippen molar-refractivity contribution in [2.24, 2.45) is 0 Å². The number of aryl methyl sites for hydroxylation is 1. The van der Waals surface area contributed by atoms with Crippen LogP contribution in [0.4, 0.5) is 11.5 Å². The van der Waals surface area contributed by atoms with Crippen LogP contribution in [0.5, 0.6) is 0 Å². The van der Waals surface area contributed by atoms with Gasteiger partial charge in [-0.25, -0.2) is 13.4 Å². The van der Waals surface area contributed by atoms with Gasteiger partial charge in [0.25, 0.3) is 10.0 Å². The summed E-state index contributed by atoms with van der Waals surface area (Å²) in [5.74, 6) is 0.267. The van der Waals surface area contributed by atoms with Crippen molar-refractivity contribution in [3.8, 4) is 11.1 Å². The number of aromatic nitrogens is 1. The van der Waals surface area contributed by atoms with Crippen molar-refractivity contribution in [2.75, 3.05) is 10.5 Å². The minimum absolute atomic E-state index is 0.192. The summed E-state index contributed by atoms with van der Waals surface area (Å²) in [5.41, 5.74) is 8.88. The third-order valence-electron chi connectivity index (χ3n) is 3.57. The van der Waals surface area contributed by atoms with Gasteiger partial charge in [-0.2, -0.15) is 0 Å². The fourth-order valence-electron chi connectivity index (χ4n) is 2.33. The van der Waals surface area contributed by atoms with Gasteiger partial charge in [-0.1, -0.05) is 29.8 Å². The molecule has 0 bridgehead atoms. The molecule has 0 amide bonds. The number of pyridine rings is 1. The largest absolute Gasteiger partial charge is 0.399 e. The summed E-state index contributed by atoms with van der Waals surface area (Å²) < 4.78 is 27.7. The first-order valence-corrected chi connectivity index (χ1v) is 8.84. The van der Waals surface area contributed by atoms with E-state index in [1.165, 1.54) is 0 Å². The summed E-state index contributed by atoms with van der Waals surface area (Å²) in [5, 5.41) is 0. The highest BCUT2D eigenvalue weighted by Gasteiger charge is 2.17. The molecule has 1 heterocycles. The van der Waals surface area contributed by atoms with Gasteiger partial charge in [0.05, 0.1) is 4.90 Å². The Morgan fingerprint density at radius 3 is 2.46 bits per heavy atom. The molecule has 0 unspecified atom stereocenters. The third-order valence-corrected chi connectivity index (χ3v) is 4.92. The van der Waals surface area contributed by atoms with Crippen LogP contribution in [0.15, 0.2) is 71.8 Å². The minimum Gasteiger partial charge on any atom is -0.399 e. The van der Waals surface area contributed by atoms with E-state index < -0.39 is 10.0 Å².